The second-order valence-electron chi connectivity index (χ2n) is 6.60. The molecule has 2 heterocycles. The van der Waals surface area contributed by atoms with E-state index in [1.54, 1.807) is 11.9 Å². The molecule has 1 aliphatic rings. The van der Waals surface area contributed by atoms with Crippen LogP contribution >= 0.6 is 0 Å². The van der Waals surface area contributed by atoms with Crippen LogP contribution in [0.3, 0.4) is 0 Å². The number of hydrogen-bond donors (Lipinski definition) is 2. The number of likely N-dealkylation sites (tertiary alicyclic amines) is 1. The zero-order valence-electron chi connectivity index (χ0n) is 16.0. The second-order valence-corrected chi connectivity index (χ2v) is 6.60. The van der Waals surface area contributed by atoms with Gasteiger partial charge in [-0.3, -0.25) is 4.99 Å². The molecule has 0 unspecified atom stereocenters. The molecule has 0 radical (unpaired) electrons. The van der Waals surface area contributed by atoms with Crippen molar-refractivity contribution in [1.29, 1.82) is 0 Å². The molecular formula is C20H28N4O3. The van der Waals surface area contributed by atoms with Crippen LogP contribution in [0.1, 0.15) is 25.5 Å². The minimum atomic E-state index is -0.218. The Morgan fingerprint density at radius 1 is 1.33 bits per heavy atom. The molecule has 2 N–H and O–H groups in total. The lowest BCUT2D eigenvalue weighted by Gasteiger charge is -2.32. The first-order chi connectivity index (χ1) is 13.2. The smallest absolute Gasteiger partial charge is 0.409 e. The Labute approximate surface area is 159 Å². The Bertz CT molecular complexity index is 745. The predicted octanol–water partition coefficient (Wildman–Crippen LogP) is 2.76. The van der Waals surface area contributed by atoms with Gasteiger partial charge < -0.3 is 24.7 Å². The van der Waals surface area contributed by atoms with E-state index in [0.717, 1.165) is 48.5 Å². The van der Waals surface area contributed by atoms with E-state index in [-0.39, 0.29) is 6.09 Å². The molecule has 1 aromatic carbocycles. The molecule has 7 nitrogen and oxygen atoms in total. The van der Waals surface area contributed by atoms with Crippen molar-refractivity contribution >= 4 is 23.0 Å². The van der Waals surface area contributed by atoms with E-state index in [1.165, 1.54) is 0 Å². The van der Waals surface area contributed by atoms with Crippen LogP contribution < -0.4 is 10.6 Å². The molecule has 0 atom stereocenters. The highest BCUT2D eigenvalue weighted by Crippen LogP contribution is 2.18. The number of hydrogen-bond acceptors (Lipinski definition) is 4. The standard InChI is InChI=1S/C20H28N4O3/c1-3-26-20(25)24-12-9-16(10-13-24)23-19(21-2)22-11-8-17-14-15-6-4-5-7-18(15)27-17/h4-7,14,16H,3,8-13H2,1-2H3,(H2,21,22,23). The van der Waals surface area contributed by atoms with E-state index in [1.807, 2.05) is 25.1 Å². The molecule has 2 aromatic rings. The lowest BCUT2D eigenvalue weighted by molar-refractivity contribution is 0.0963. The number of amides is 1. The summed E-state index contributed by atoms with van der Waals surface area (Å²) in [7, 11) is 1.77. The third-order valence-corrected chi connectivity index (χ3v) is 4.73. The molecule has 7 heteroatoms. The third-order valence-electron chi connectivity index (χ3n) is 4.73. The van der Waals surface area contributed by atoms with Gasteiger partial charge in [0.2, 0.25) is 0 Å². The number of nitrogens with one attached hydrogen (secondary N) is 2. The molecule has 1 saturated heterocycles. The van der Waals surface area contributed by atoms with Crippen LogP contribution in [-0.2, 0) is 11.2 Å². The van der Waals surface area contributed by atoms with Crippen molar-refractivity contribution in [3.8, 4) is 0 Å². The van der Waals surface area contributed by atoms with E-state index in [0.29, 0.717) is 25.7 Å². The number of ether oxygens (including phenoxy) is 1. The summed E-state index contributed by atoms with van der Waals surface area (Å²) in [6.45, 7) is 4.38. The number of piperidine rings is 1. The van der Waals surface area contributed by atoms with Crippen LogP contribution in [0.5, 0.6) is 0 Å². The first kappa shape index (κ1) is 19.1. The maximum Gasteiger partial charge on any atom is 0.409 e. The first-order valence-electron chi connectivity index (χ1n) is 9.56. The summed E-state index contributed by atoms with van der Waals surface area (Å²) >= 11 is 0. The largest absolute Gasteiger partial charge is 0.461 e. The number of rotatable bonds is 5. The quantitative estimate of drug-likeness (QED) is 0.623. The fourth-order valence-electron chi connectivity index (χ4n) is 3.27. The fraction of sp³-hybridized carbons (Fsp3) is 0.500. The predicted molar refractivity (Wildman–Crippen MR) is 106 cm³/mol. The molecule has 0 spiro atoms. The van der Waals surface area contributed by atoms with Gasteiger partial charge in [-0.15, -0.1) is 0 Å². The van der Waals surface area contributed by atoms with Gasteiger partial charge in [0.1, 0.15) is 11.3 Å². The van der Waals surface area contributed by atoms with Crippen molar-refractivity contribution in [3.05, 3.63) is 36.1 Å². The molecule has 0 aliphatic carbocycles. The third kappa shape index (κ3) is 5.15. The number of nitrogens with zero attached hydrogens (tertiary/aromatic N) is 2. The van der Waals surface area contributed by atoms with Crippen molar-refractivity contribution in [2.75, 3.05) is 33.3 Å². The highest BCUT2D eigenvalue weighted by Gasteiger charge is 2.23. The minimum Gasteiger partial charge on any atom is -0.461 e. The van der Waals surface area contributed by atoms with Crippen molar-refractivity contribution in [2.24, 2.45) is 4.99 Å². The number of fused-ring (bicyclic) bond motifs is 1. The van der Waals surface area contributed by atoms with Crippen LogP contribution in [0.15, 0.2) is 39.7 Å². The van der Waals surface area contributed by atoms with Crippen molar-refractivity contribution < 1.29 is 13.9 Å². The van der Waals surface area contributed by atoms with Crippen LogP contribution in [0, 0.1) is 0 Å². The van der Waals surface area contributed by atoms with Crippen LogP contribution in [0.2, 0.25) is 0 Å². The highest BCUT2D eigenvalue weighted by molar-refractivity contribution is 5.80. The highest BCUT2D eigenvalue weighted by atomic mass is 16.6. The molecule has 146 valence electrons. The second kappa shape index (κ2) is 9.30. The summed E-state index contributed by atoms with van der Waals surface area (Å²) < 4.78 is 10.9. The summed E-state index contributed by atoms with van der Waals surface area (Å²) in [5.41, 5.74) is 0.920. The summed E-state index contributed by atoms with van der Waals surface area (Å²) in [4.78, 5) is 17.8. The maximum absolute atomic E-state index is 11.8. The maximum atomic E-state index is 11.8. The van der Waals surface area contributed by atoms with Gasteiger partial charge in [-0.25, -0.2) is 4.79 Å². The van der Waals surface area contributed by atoms with Gasteiger partial charge in [-0.1, -0.05) is 18.2 Å². The number of furan rings is 1. The summed E-state index contributed by atoms with van der Waals surface area (Å²) in [5.74, 6) is 1.74. The normalized spacial score (nSPS) is 15.8. The van der Waals surface area contributed by atoms with Gasteiger partial charge in [0.05, 0.1) is 6.61 Å². The Hall–Kier alpha value is -2.70. The average molecular weight is 372 g/mol. The Balaban J connectivity index is 1.41. The molecule has 0 bridgehead atoms. The summed E-state index contributed by atoms with van der Waals surface area (Å²) in [5, 5.41) is 7.91. The van der Waals surface area contributed by atoms with Gasteiger partial charge in [-0.05, 0) is 31.9 Å². The van der Waals surface area contributed by atoms with E-state index in [9.17, 15) is 4.79 Å². The van der Waals surface area contributed by atoms with Crippen LogP contribution in [0.25, 0.3) is 11.0 Å². The monoisotopic (exact) mass is 372 g/mol. The average Bonchev–Trinajstić information content (AvgIpc) is 3.10. The molecule has 27 heavy (non-hydrogen) atoms. The molecule has 1 aromatic heterocycles. The molecular weight excluding hydrogens is 344 g/mol. The first-order valence-corrected chi connectivity index (χ1v) is 9.56. The van der Waals surface area contributed by atoms with Crippen LogP contribution in [0.4, 0.5) is 4.79 Å². The lowest BCUT2D eigenvalue weighted by atomic mass is 10.1. The van der Waals surface area contributed by atoms with Crippen molar-refractivity contribution in [1.82, 2.24) is 15.5 Å². The number of carbonyl (C=O) groups excluding carboxylic acids is 1. The van der Waals surface area contributed by atoms with E-state index in [2.05, 4.69) is 27.8 Å². The number of benzene rings is 1. The van der Waals surface area contributed by atoms with Gasteiger partial charge in [-0.2, -0.15) is 0 Å². The zero-order chi connectivity index (χ0) is 19.1. The fourth-order valence-corrected chi connectivity index (χ4v) is 3.27. The van der Waals surface area contributed by atoms with E-state index >= 15 is 0 Å². The summed E-state index contributed by atoms with van der Waals surface area (Å²) in [6, 6.07) is 10.4. The molecule has 1 fully saturated rings. The summed E-state index contributed by atoms with van der Waals surface area (Å²) in [6.07, 6.45) is 2.33. The van der Waals surface area contributed by atoms with Crippen LogP contribution in [-0.4, -0.2) is 56.3 Å². The number of para-hydroxylation sites is 1. The van der Waals surface area contributed by atoms with Gasteiger partial charge in [0.25, 0.3) is 0 Å². The van der Waals surface area contributed by atoms with Gasteiger partial charge in [0, 0.05) is 44.5 Å². The van der Waals surface area contributed by atoms with E-state index < -0.39 is 0 Å². The minimum absolute atomic E-state index is 0.218. The molecule has 1 aliphatic heterocycles. The SMILES string of the molecule is CCOC(=O)N1CCC(NC(=NC)NCCc2cc3ccccc3o2)CC1. The number of carbonyl (C=O) groups is 1. The molecule has 0 saturated carbocycles. The Morgan fingerprint density at radius 2 is 2.11 bits per heavy atom. The molecule has 3 rings (SSSR count). The van der Waals surface area contributed by atoms with E-state index in [4.69, 9.17) is 9.15 Å². The Kier molecular flexibility index (Phi) is 6.57. The van der Waals surface area contributed by atoms with Gasteiger partial charge >= 0.3 is 6.09 Å². The van der Waals surface area contributed by atoms with Crippen molar-refractivity contribution in [3.63, 3.8) is 0 Å². The number of aliphatic imine (C=N–C) groups is 1. The topological polar surface area (TPSA) is 79.1 Å². The number of guanidine groups is 1. The lowest BCUT2D eigenvalue weighted by Crippen LogP contribution is -2.50. The zero-order valence-corrected chi connectivity index (χ0v) is 16.0. The molecule has 1 amide bonds. The van der Waals surface area contributed by atoms with Crippen molar-refractivity contribution in [2.45, 2.75) is 32.2 Å². The Morgan fingerprint density at radius 3 is 2.81 bits per heavy atom. The van der Waals surface area contributed by atoms with Gasteiger partial charge in [0.15, 0.2) is 5.96 Å².